The summed E-state index contributed by atoms with van der Waals surface area (Å²) in [4.78, 5) is 18.4. The van der Waals surface area contributed by atoms with Crippen LogP contribution in [0.15, 0.2) is 28.9 Å². The van der Waals surface area contributed by atoms with Crippen LogP contribution in [0.3, 0.4) is 0 Å². The molecule has 0 atom stereocenters. The van der Waals surface area contributed by atoms with Crippen molar-refractivity contribution in [2.75, 3.05) is 0 Å². The van der Waals surface area contributed by atoms with Crippen molar-refractivity contribution in [1.29, 1.82) is 0 Å². The number of carbonyl (C=O) groups is 1. The summed E-state index contributed by atoms with van der Waals surface area (Å²) >= 11 is 0. The summed E-state index contributed by atoms with van der Waals surface area (Å²) < 4.78 is 4.97. The first-order valence-electron chi connectivity index (χ1n) is 4.71. The lowest BCUT2D eigenvalue weighted by atomic mass is 10.3. The zero-order valence-corrected chi connectivity index (χ0v) is 8.33. The van der Waals surface area contributed by atoms with Gasteiger partial charge in [0.15, 0.2) is 5.82 Å². The first-order chi connectivity index (χ1) is 7.75. The van der Waals surface area contributed by atoms with E-state index in [4.69, 9.17) is 9.63 Å². The minimum absolute atomic E-state index is 0.0127. The largest absolute Gasteiger partial charge is 0.481 e. The maximum Gasteiger partial charge on any atom is 0.303 e. The second-order valence-corrected chi connectivity index (χ2v) is 3.12. The lowest BCUT2D eigenvalue weighted by Gasteiger charge is -1.89. The number of aromatic nitrogens is 3. The van der Waals surface area contributed by atoms with Crippen LogP contribution in [0.4, 0.5) is 0 Å². The van der Waals surface area contributed by atoms with E-state index in [2.05, 4.69) is 15.1 Å². The average molecular weight is 219 g/mol. The average Bonchev–Trinajstić information content (AvgIpc) is 2.76. The van der Waals surface area contributed by atoms with Crippen LogP contribution in [0.25, 0.3) is 11.6 Å². The van der Waals surface area contributed by atoms with E-state index >= 15 is 0 Å². The Labute approximate surface area is 90.9 Å². The molecular formula is C10H9N3O3. The second kappa shape index (κ2) is 4.52. The fourth-order valence-corrected chi connectivity index (χ4v) is 1.17. The molecule has 2 rings (SSSR count). The number of carboxylic acids is 1. The molecule has 0 bridgehead atoms. The first kappa shape index (κ1) is 10.3. The van der Waals surface area contributed by atoms with Crippen molar-refractivity contribution < 1.29 is 14.4 Å². The smallest absolute Gasteiger partial charge is 0.303 e. The van der Waals surface area contributed by atoms with E-state index in [1.807, 2.05) is 6.07 Å². The summed E-state index contributed by atoms with van der Waals surface area (Å²) in [5.41, 5.74) is 0.580. The van der Waals surface area contributed by atoms with Gasteiger partial charge in [-0.25, -0.2) is 0 Å². The van der Waals surface area contributed by atoms with E-state index in [-0.39, 0.29) is 12.8 Å². The highest BCUT2D eigenvalue weighted by Crippen LogP contribution is 2.13. The number of nitrogens with zero attached hydrogens (tertiary/aromatic N) is 3. The molecule has 82 valence electrons. The summed E-state index contributed by atoms with van der Waals surface area (Å²) in [6, 6.07) is 5.34. The van der Waals surface area contributed by atoms with Crippen molar-refractivity contribution in [3.05, 3.63) is 30.2 Å². The van der Waals surface area contributed by atoms with Gasteiger partial charge in [-0.3, -0.25) is 9.78 Å². The van der Waals surface area contributed by atoms with E-state index in [0.29, 0.717) is 17.4 Å². The summed E-state index contributed by atoms with van der Waals surface area (Å²) in [5, 5.41) is 12.2. The van der Waals surface area contributed by atoms with Gasteiger partial charge in [0.1, 0.15) is 5.69 Å². The zero-order chi connectivity index (χ0) is 11.4. The van der Waals surface area contributed by atoms with Crippen LogP contribution in [0.2, 0.25) is 0 Å². The monoisotopic (exact) mass is 219 g/mol. The van der Waals surface area contributed by atoms with Crippen molar-refractivity contribution in [3.8, 4) is 11.6 Å². The molecule has 0 amide bonds. The molecule has 0 aromatic carbocycles. The van der Waals surface area contributed by atoms with Gasteiger partial charge in [-0.1, -0.05) is 11.2 Å². The van der Waals surface area contributed by atoms with E-state index in [1.165, 1.54) is 0 Å². The van der Waals surface area contributed by atoms with Crippen molar-refractivity contribution in [2.45, 2.75) is 12.8 Å². The van der Waals surface area contributed by atoms with Crippen LogP contribution in [0.5, 0.6) is 0 Å². The Morgan fingerprint density at radius 1 is 1.44 bits per heavy atom. The molecule has 0 saturated carbocycles. The molecule has 2 aromatic rings. The van der Waals surface area contributed by atoms with Crippen LogP contribution in [-0.4, -0.2) is 26.2 Å². The molecule has 0 aliphatic rings. The van der Waals surface area contributed by atoms with Gasteiger partial charge in [-0.05, 0) is 12.1 Å². The molecule has 16 heavy (non-hydrogen) atoms. The fourth-order valence-electron chi connectivity index (χ4n) is 1.17. The summed E-state index contributed by atoms with van der Waals surface area (Å²) in [7, 11) is 0. The topological polar surface area (TPSA) is 89.1 Å². The number of hydrogen-bond acceptors (Lipinski definition) is 5. The second-order valence-electron chi connectivity index (χ2n) is 3.12. The van der Waals surface area contributed by atoms with Crippen LogP contribution in [-0.2, 0) is 11.2 Å². The highest BCUT2D eigenvalue weighted by atomic mass is 16.5. The molecular weight excluding hydrogens is 210 g/mol. The minimum atomic E-state index is -0.885. The van der Waals surface area contributed by atoms with Crippen LogP contribution in [0, 0.1) is 0 Å². The molecule has 0 spiro atoms. The highest BCUT2D eigenvalue weighted by molar-refractivity contribution is 5.66. The van der Waals surface area contributed by atoms with Gasteiger partial charge in [0.2, 0.25) is 0 Å². The van der Waals surface area contributed by atoms with Crippen molar-refractivity contribution in [3.63, 3.8) is 0 Å². The number of aliphatic carboxylic acids is 1. The third-order valence-electron chi connectivity index (χ3n) is 1.91. The summed E-state index contributed by atoms with van der Waals surface area (Å²) in [6.07, 6.45) is 1.86. The normalized spacial score (nSPS) is 10.2. The molecule has 0 radical (unpaired) electrons. The molecule has 0 unspecified atom stereocenters. The molecule has 0 saturated heterocycles. The summed E-state index contributed by atoms with van der Waals surface area (Å²) in [6.45, 7) is 0. The summed E-state index contributed by atoms with van der Waals surface area (Å²) in [5.74, 6) is -0.201. The third-order valence-corrected chi connectivity index (χ3v) is 1.91. The molecule has 2 aromatic heterocycles. The SMILES string of the molecule is O=C(O)CCc1noc(-c2ccccn2)n1. The quantitative estimate of drug-likeness (QED) is 0.829. The predicted octanol–water partition coefficient (Wildman–Crippen LogP) is 1.15. The van der Waals surface area contributed by atoms with E-state index in [0.717, 1.165) is 0 Å². The Hall–Kier alpha value is -2.24. The molecule has 0 aliphatic heterocycles. The van der Waals surface area contributed by atoms with Crippen molar-refractivity contribution >= 4 is 5.97 Å². The van der Waals surface area contributed by atoms with Gasteiger partial charge in [-0.2, -0.15) is 4.98 Å². The van der Waals surface area contributed by atoms with Crippen LogP contribution >= 0.6 is 0 Å². The Morgan fingerprint density at radius 2 is 2.31 bits per heavy atom. The van der Waals surface area contributed by atoms with E-state index in [1.54, 1.807) is 18.3 Å². The van der Waals surface area contributed by atoms with E-state index < -0.39 is 5.97 Å². The Bertz CT molecular complexity index is 481. The predicted molar refractivity (Wildman–Crippen MR) is 53.5 cm³/mol. The van der Waals surface area contributed by atoms with E-state index in [9.17, 15) is 4.79 Å². The minimum Gasteiger partial charge on any atom is -0.481 e. The Kier molecular flexibility index (Phi) is 2.90. The maximum atomic E-state index is 10.4. The van der Waals surface area contributed by atoms with Gasteiger partial charge >= 0.3 is 5.97 Å². The molecule has 0 aliphatic carbocycles. The first-order valence-corrected chi connectivity index (χ1v) is 4.71. The number of aryl methyl sites for hydroxylation is 1. The number of rotatable bonds is 4. The van der Waals surface area contributed by atoms with Gasteiger partial charge < -0.3 is 9.63 Å². The number of pyridine rings is 1. The highest BCUT2D eigenvalue weighted by Gasteiger charge is 2.10. The Morgan fingerprint density at radius 3 is 3.00 bits per heavy atom. The molecule has 2 heterocycles. The van der Waals surface area contributed by atoms with Crippen LogP contribution in [0.1, 0.15) is 12.2 Å². The number of carboxylic acid groups (broad SMARTS) is 1. The lowest BCUT2D eigenvalue weighted by Crippen LogP contribution is -1.98. The zero-order valence-electron chi connectivity index (χ0n) is 8.33. The molecule has 6 heteroatoms. The van der Waals surface area contributed by atoms with Crippen LogP contribution < -0.4 is 0 Å². The number of hydrogen-bond donors (Lipinski definition) is 1. The molecule has 0 fully saturated rings. The van der Waals surface area contributed by atoms with Gasteiger partial charge in [0.05, 0.1) is 6.42 Å². The molecule has 1 N–H and O–H groups in total. The van der Waals surface area contributed by atoms with Gasteiger partial charge in [-0.15, -0.1) is 0 Å². The molecule has 6 nitrogen and oxygen atoms in total. The van der Waals surface area contributed by atoms with Gasteiger partial charge in [0.25, 0.3) is 5.89 Å². The van der Waals surface area contributed by atoms with Crippen molar-refractivity contribution in [1.82, 2.24) is 15.1 Å². The maximum absolute atomic E-state index is 10.4. The van der Waals surface area contributed by atoms with Crippen molar-refractivity contribution in [2.24, 2.45) is 0 Å². The Balaban J connectivity index is 2.11. The van der Waals surface area contributed by atoms with Gasteiger partial charge in [0, 0.05) is 12.6 Å². The standard InChI is InChI=1S/C10H9N3O3/c14-9(15)5-4-8-12-10(16-13-8)7-3-1-2-6-11-7/h1-3,6H,4-5H2,(H,14,15). The third kappa shape index (κ3) is 2.41. The lowest BCUT2D eigenvalue weighted by molar-refractivity contribution is -0.137. The fraction of sp³-hybridized carbons (Fsp3) is 0.200.